The Morgan fingerprint density at radius 1 is 0.829 bits per heavy atom. The first-order valence-corrected chi connectivity index (χ1v) is 11.3. The molecule has 1 atom stereocenters. The van der Waals surface area contributed by atoms with Crippen LogP contribution in [-0.4, -0.2) is 40.4 Å². The summed E-state index contributed by atoms with van der Waals surface area (Å²) in [6.07, 6.45) is 0.215. The van der Waals surface area contributed by atoms with Crippen molar-refractivity contribution in [3.63, 3.8) is 0 Å². The number of carbonyl (C=O) groups excluding carboxylic acids is 2. The van der Waals surface area contributed by atoms with Crippen molar-refractivity contribution < 1.29 is 29.4 Å². The number of halogens is 1. The molecule has 1 unspecified atom stereocenters. The maximum atomic E-state index is 12.8. The molecule has 0 aromatic heterocycles. The van der Waals surface area contributed by atoms with E-state index in [4.69, 9.17) is 16.7 Å². The average Bonchev–Trinajstić information content (AvgIpc) is 2.85. The highest BCUT2D eigenvalue weighted by atomic mass is 35.5. The number of ketones is 1. The van der Waals surface area contributed by atoms with Crippen LogP contribution < -0.4 is 5.32 Å². The molecule has 1 amide bonds. The Morgan fingerprint density at radius 2 is 1.43 bits per heavy atom. The minimum atomic E-state index is -1.17. The Bertz CT molecular complexity index is 1220. The summed E-state index contributed by atoms with van der Waals surface area (Å²) in [7, 11) is 0. The summed E-state index contributed by atoms with van der Waals surface area (Å²) in [5, 5.41) is 21.4. The maximum Gasteiger partial charge on any atom is 0.322 e. The van der Waals surface area contributed by atoms with Gasteiger partial charge in [-0.05, 0) is 47.7 Å². The van der Waals surface area contributed by atoms with Crippen LogP contribution in [0.2, 0.25) is 5.02 Å². The summed E-state index contributed by atoms with van der Waals surface area (Å²) in [5.41, 5.74) is 3.14. The van der Waals surface area contributed by atoms with Crippen LogP contribution in [0.1, 0.15) is 39.1 Å². The molecule has 0 aliphatic rings. The van der Waals surface area contributed by atoms with Gasteiger partial charge in [0, 0.05) is 22.6 Å². The fraction of sp³-hybridized carbons (Fsp3) is 0.185. The number of carboxylic acids is 2. The molecule has 3 aromatic carbocycles. The molecule has 0 heterocycles. The van der Waals surface area contributed by atoms with Gasteiger partial charge in [0.25, 0.3) is 5.91 Å². The minimum absolute atomic E-state index is 0.146. The molecule has 0 saturated heterocycles. The lowest BCUT2D eigenvalue weighted by Crippen LogP contribution is -2.30. The highest BCUT2D eigenvalue weighted by molar-refractivity contribution is 6.30. The van der Waals surface area contributed by atoms with E-state index in [1.54, 1.807) is 60.7 Å². The number of rotatable bonds is 11. The predicted octanol–water partition coefficient (Wildman–Crippen LogP) is 4.73. The van der Waals surface area contributed by atoms with Crippen molar-refractivity contribution in [3.8, 4) is 11.1 Å². The molecule has 8 heteroatoms. The largest absolute Gasteiger partial charge is 0.481 e. The molecule has 180 valence electrons. The maximum absolute atomic E-state index is 12.8. The van der Waals surface area contributed by atoms with Gasteiger partial charge in [0.1, 0.15) is 6.54 Å². The van der Waals surface area contributed by atoms with Gasteiger partial charge in [0.15, 0.2) is 5.78 Å². The smallest absolute Gasteiger partial charge is 0.322 e. The van der Waals surface area contributed by atoms with Gasteiger partial charge in [-0.3, -0.25) is 19.2 Å². The SMILES string of the molecule is O=C(O)CNC(=O)c1ccccc1CCC(CC(=O)c1ccc(-c2ccc(Cl)cc2)cc1)C(=O)O. The Kier molecular flexibility index (Phi) is 8.75. The van der Waals surface area contributed by atoms with Crippen LogP contribution >= 0.6 is 11.6 Å². The second kappa shape index (κ2) is 11.9. The monoisotopic (exact) mass is 493 g/mol. The van der Waals surface area contributed by atoms with E-state index in [1.807, 2.05) is 12.1 Å². The Morgan fingerprint density at radius 3 is 2.03 bits per heavy atom. The molecular formula is C27H24ClNO6. The van der Waals surface area contributed by atoms with Crippen molar-refractivity contribution in [3.05, 3.63) is 94.5 Å². The molecule has 0 fully saturated rings. The Balaban J connectivity index is 1.65. The molecule has 3 N–H and O–H groups in total. The topological polar surface area (TPSA) is 121 Å². The number of aliphatic carboxylic acids is 2. The van der Waals surface area contributed by atoms with E-state index in [1.165, 1.54) is 0 Å². The van der Waals surface area contributed by atoms with Crippen LogP contribution in [-0.2, 0) is 16.0 Å². The fourth-order valence-electron chi connectivity index (χ4n) is 3.69. The normalized spacial score (nSPS) is 11.5. The Hall–Kier alpha value is -3.97. The summed E-state index contributed by atoms with van der Waals surface area (Å²) >= 11 is 5.92. The number of aryl methyl sites for hydroxylation is 1. The number of amides is 1. The van der Waals surface area contributed by atoms with Crippen molar-refractivity contribution in [1.29, 1.82) is 0 Å². The van der Waals surface area contributed by atoms with E-state index in [0.717, 1.165) is 11.1 Å². The number of carboxylic acid groups (broad SMARTS) is 2. The fourth-order valence-corrected chi connectivity index (χ4v) is 3.81. The zero-order chi connectivity index (χ0) is 25.4. The van der Waals surface area contributed by atoms with Crippen molar-refractivity contribution in [2.45, 2.75) is 19.3 Å². The van der Waals surface area contributed by atoms with Gasteiger partial charge < -0.3 is 15.5 Å². The van der Waals surface area contributed by atoms with Gasteiger partial charge in [0.2, 0.25) is 0 Å². The molecule has 3 aromatic rings. The van der Waals surface area contributed by atoms with Gasteiger partial charge in [-0.15, -0.1) is 0 Å². The molecule has 0 spiro atoms. The lowest BCUT2D eigenvalue weighted by atomic mass is 9.90. The quantitative estimate of drug-likeness (QED) is 0.332. The first-order valence-electron chi connectivity index (χ1n) is 10.9. The summed E-state index contributed by atoms with van der Waals surface area (Å²) in [5.74, 6) is -4.03. The zero-order valence-corrected chi connectivity index (χ0v) is 19.5. The predicted molar refractivity (Wildman–Crippen MR) is 132 cm³/mol. The highest BCUT2D eigenvalue weighted by Gasteiger charge is 2.23. The summed E-state index contributed by atoms with van der Waals surface area (Å²) in [6.45, 7) is -0.518. The van der Waals surface area contributed by atoms with Gasteiger partial charge in [0.05, 0.1) is 5.92 Å². The summed E-state index contributed by atoms with van der Waals surface area (Å²) in [6, 6.07) is 20.9. The van der Waals surface area contributed by atoms with Gasteiger partial charge >= 0.3 is 11.9 Å². The van der Waals surface area contributed by atoms with E-state index in [9.17, 15) is 24.3 Å². The van der Waals surface area contributed by atoms with Crippen molar-refractivity contribution in [2.24, 2.45) is 5.92 Å². The van der Waals surface area contributed by atoms with Crippen LogP contribution in [0.25, 0.3) is 11.1 Å². The van der Waals surface area contributed by atoms with Crippen molar-refractivity contribution in [1.82, 2.24) is 5.32 Å². The number of carbonyl (C=O) groups is 4. The van der Waals surface area contributed by atoms with E-state index in [2.05, 4.69) is 5.32 Å². The third-order valence-corrected chi connectivity index (χ3v) is 5.84. The van der Waals surface area contributed by atoms with Crippen LogP contribution in [0.4, 0.5) is 0 Å². The lowest BCUT2D eigenvalue weighted by Gasteiger charge is -2.14. The van der Waals surface area contributed by atoms with E-state index in [0.29, 0.717) is 16.1 Å². The second-order valence-corrected chi connectivity index (χ2v) is 8.46. The molecule has 0 radical (unpaired) electrons. The molecule has 0 aliphatic heterocycles. The summed E-state index contributed by atoms with van der Waals surface area (Å²) in [4.78, 5) is 47.7. The summed E-state index contributed by atoms with van der Waals surface area (Å²) < 4.78 is 0. The first kappa shape index (κ1) is 25.6. The van der Waals surface area contributed by atoms with Crippen LogP contribution in [0.3, 0.4) is 0 Å². The number of hydrogen-bond acceptors (Lipinski definition) is 4. The highest BCUT2D eigenvalue weighted by Crippen LogP contribution is 2.24. The lowest BCUT2D eigenvalue weighted by molar-refractivity contribution is -0.142. The van der Waals surface area contributed by atoms with Gasteiger partial charge in [-0.25, -0.2) is 0 Å². The molecule has 0 saturated carbocycles. The average molecular weight is 494 g/mol. The zero-order valence-electron chi connectivity index (χ0n) is 18.7. The Labute approximate surface area is 207 Å². The van der Waals surface area contributed by atoms with Gasteiger partial charge in [-0.1, -0.05) is 66.2 Å². The number of hydrogen-bond donors (Lipinski definition) is 3. The second-order valence-electron chi connectivity index (χ2n) is 8.02. The van der Waals surface area contributed by atoms with E-state index >= 15 is 0 Å². The molecular weight excluding hydrogens is 470 g/mol. The third kappa shape index (κ3) is 7.25. The molecule has 0 aliphatic carbocycles. The molecule has 7 nitrogen and oxygen atoms in total. The van der Waals surface area contributed by atoms with E-state index in [-0.39, 0.29) is 30.6 Å². The number of benzene rings is 3. The van der Waals surface area contributed by atoms with Crippen LogP contribution in [0.5, 0.6) is 0 Å². The standard InChI is InChI=1S/C27H24ClNO6/c28-22-13-11-18(12-14-22)17-5-8-20(9-6-17)24(30)15-21(27(34)35)10-7-19-3-1-2-4-23(19)26(33)29-16-25(31)32/h1-6,8-9,11-14,21H,7,10,15-16H2,(H,29,33)(H,31,32)(H,34,35). The molecule has 0 bridgehead atoms. The van der Waals surface area contributed by atoms with Crippen molar-refractivity contribution >= 4 is 35.2 Å². The molecule has 35 heavy (non-hydrogen) atoms. The van der Waals surface area contributed by atoms with Crippen LogP contribution in [0.15, 0.2) is 72.8 Å². The molecule has 3 rings (SSSR count). The van der Waals surface area contributed by atoms with Gasteiger partial charge in [-0.2, -0.15) is 0 Å². The number of Topliss-reactive ketones (excluding diaryl/α,β-unsaturated/α-hetero) is 1. The van der Waals surface area contributed by atoms with Crippen LogP contribution in [0, 0.1) is 5.92 Å². The first-order chi connectivity index (χ1) is 16.7. The minimum Gasteiger partial charge on any atom is -0.481 e. The number of nitrogens with one attached hydrogen (secondary N) is 1. The third-order valence-electron chi connectivity index (χ3n) is 5.59. The van der Waals surface area contributed by atoms with E-state index < -0.39 is 30.3 Å². The van der Waals surface area contributed by atoms with Crippen molar-refractivity contribution in [2.75, 3.05) is 6.54 Å².